The van der Waals surface area contributed by atoms with Crippen molar-refractivity contribution in [1.29, 1.82) is 0 Å². The van der Waals surface area contributed by atoms with Crippen molar-refractivity contribution < 1.29 is 4.79 Å². The summed E-state index contributed by atoms with van der Waals surface area (Å²) < 4.78 is 0. The Bertz CT molecular complexity index is 982. The number of pyridine rings is 1. The highest BCUT2D eigenvalue weighted by Crippen LogP contribution is 2.35. The number of rotatable bonds is 4. The smallest absolute Gasteiger partial charge is 0.253 e. The van der Waals surface area contributed by atoms with E-state index in [0.717, 1.165) is 42.1 Å². The molecule has 1 aliphatic carbocycles. The fourth-order valence-corrected chi connectivity index (χ4v) is 4.78. The molecule has 1 N–H and O–H groups in total. The molecule has 28 heavy (non-hydrogen) atoms. The number of benzene rings is 2. The zero-order valence-electron chi connectivity index (χ0n) is 16.7. The highest BCUT2D eigenvalue weighted by Gasteiger charge is 2.37. The monoisotopic (exact) mass is 372 g/mol. The Morgan fingerprint density at radius 2 is 1.89 bits per heavy atom. The number of nitrogens with one attached hydrogen (secondary N) is 1. The Morgan fingerprint density at radius 1 is 1.14 bits per heavy atom. The highest BCUT2D eigenvalue weighted by atomic mass is 16.1. The van der Waals surface area contributed by atoms with Gasteiger partial charge in [0.2, 0.25) is 0 Å². The van der Waals surface area contributed by atoms with Gasteiger partial charge in [0.15, 0.2) is 0 Å². The van der Waals surface area contributed by atoms with Crippen molar-refractivity contribution in [2.45, 2.75) is 51.5 Å². The molecule has 0 radical (unpaired) electrons. The van der Waals surface area contributed by atoms with Crippen molar-refractivity contribution in [2.24, 2.45) is 5.92 Å². The number of nitrogens with zero attached hydrogens (tertiary/aromatic N) is 1. The van der Waals surface area contributed by atoms with Gasteiger partial charge in [-0.05, 0) is 49.3 Å². The third kappa shape index (κ3) is 3.80. The fourth-order valence-electron chi connectivity index (χ4n) is 4.78. The molecule has 144 valence electrons. The van der Waals surface area contributed by atoms with Crippen LogP contribution in [0.1, 0.15) is 54.1 Å². The lowest BCUT2D eigenvalue weighted by molar-refractivity contribution is 0.0844. The molecule has 2 aromatic carbocycles. The molecule has 0 saturated heterocycles. The van der Waals surface area contributed by atoms with Crippen LogP contribution in [0.25, 0.3) is 10.9 Å². The first-order valence-electron chi connectivity index (χ1n) is 10.3. The minimum absolute atomic E-state index is 0.000726. The summed E-state index contributed by atoms with van der Waals surface area (Å²) in [7, 11) is 0. The molecule has 3 nitrogen and oxygen atoms in total. The van der Waals surface area contributed by atoms with Crippen LogP contribution in [0, 0.1) is 12.8 Å². The van der Waals surface area contributed by atoms with Gasteiger partial charge in [0, 0.05) is 17.1 Å². The summed E-state index contributed by atoms with van der Waals surface area (Å²) >= 11 is 0. The number of carbonyl (C=O) groups excluding carboxylic acids is 1. The van der Waals surface area contributed by atoms with Gasteiger partial charge in [-0.3, -0.25) is 9.78 Å². The Kier molecular flexibility index (Phi) is 5.17. The molecule has 0 bridgehead atoms. The number of aryl methyl sites for hydroxylation is 1. The molecule has 4 rings (SSSR count). The summed E-state index contributed by atoms with van der Waals surface area (Å²) in [4.78, 5) is 17.8. The van der Waals surface area contributed by atoms with Gasteiger partial charge in [0.05, 0.1) is 11.1 Å². The van der Waals surface area contributed by atoms with E-state index in [2.05, 4.69) is 41.5 Å². The van der Waals surface area contributed by atoms with E-state index in [-0.39, 0.29) is 11.4 Å². The molecule has 1 aliphatic rings. The molecule has 0 aliphatic heterocycles. The quantitative estimate of drug-likeness (QED) is 0.660. The number of hydrogen-bond acceptors (Lipinski definition) is 2. The van der Waals surface area contributed by atoms with Gasteiger partial charge in [0.25, 0.3) is 5.91 Å². The molecule has 1 amide bonds. The van der Waals surface area contributed by atoms with Crippen LogP contribution in [-0.2, 0) is 6.42 Å². The largest absolute Gasteiger partial charge is 0.346 e. The van der Waals surface area contributed by atoms with Crippen LogP contribution in [-0.4, -0.2) is 16.4 Å². The first kappa shape index (κ1) is 18.7. The van der Waals surface area contributed by atoms with Crippen molar-refractivity contribution in [3.05, 3.63) is 77.5 Å². The van der Waals surface area contributed by atoms with Crippen LogP contribution in [0.4, 0.5) is 0 Å². The minimum atomic E-state index is -0.186. The summed E-state index contributed by atoms with van der Waals surface area (Å²) in [5, 5.41) is 4.50. The number of amides is 1. The normalized spacial score (nSPS) is 22.1. The molecule has 2 atom stereocenters. The Balaban J connectivity index is 1.65. The third-order valence-corrected chi connectivity index (χ3v) is 6.14. The van der Waals surface area contributed by atoms with E-state index in [1.54, 1.807) is 6.20 Å². The van der Waals surface area contributed by atoms with Crippen LogP contribution in [0.5, 0.6) is 0 Å². The Labute approximate surface area is 167 Å². The van der Waals surface area contributed by atoms with Gasteiger partial charge in [-0.15, -0.1) is 0 Å². The number of fused-ring (bicyclic) bond motifs is 1. The molecule has 3 heteroatoms. The number of hydrogen-bond donors (Lipinski definition) is 1. The van der Waals surface area contributed by atoms with E-state index in [9.17, 15) is 4.79 Å². The molecular weight excluding hydrogens is 344 g/mol. The third-order valence-electron chi connectivity index (χ3n) is 6.14. The first-order chi connectivity index (χ1) is 13.6. The van der Waals surface area contributed by atoms with Crippen LogP contribution in [0.3, 0.4) is 0 Å². The van der Waals surface area contributed by atoms with Crippen molar-refractivity contribution in [3.63, 3.8) is 0 Å². The topological polar surface area (TPSA) is 42.0 Å². The molecule has 1 fully saturated rings. The first-order valence-corrected chi connectivity index (χ1v) is 10.3. The summed E-state index contributed by atoms with van der Waals surface area (Å²) in [6.45, 7) is 4.32. The average molecular weight is 373 g/mol. The van der Waals surface area contributed by atoms with Gasteiger partial charge >= 0.3 is 0 Å². The van der Waals surface area contributed by atoms with E-state index >= 15 is 0 Å². The van der Waals surface area contributed by atoms with Crippen molar-refractivity contribution in [1.82, 2.24) is 10.3 Å². The van der Waals surface area contributed by atoms with E-state index < -0.39 is 0 Å². The zero-order valence-corrected chi connectivity index (χ0v) is 16.7. The van der Waals surface area contributed by atoms with Crippen LogP contribution in [0.2, 0.25) is 0 Å². The second-order valence-corrected chi connectivity index (χ2v) is 8.41. The predicted octanol–water partition coefficient (Wildman–Crippen LogP) is 5.46. The van der Waals surface area contributed by atoms with Crippen molar-refractivity contribution >= 4 is 16.8 Å². The molecule has 1 heterocycles. The van der Waals surface area contributed by atoms with E-state index in [0.29, 0.717) is 11.5 Å². The molecule has 1 aromatic heterocycles. The second-order valence-electron chi connectivity index (χ2n) is 8.41. The lowest BCUT2D eigenvalue weighted by Crippen LogP contribution is -2.52. The molecule has 1 saturated carbocycles. The molecular formula is C25H28N2O. The van der Waals surface area contributed by atoms with Gasteiger partial charge in [-0.1, -0.05) is 68.3 Å². The van der Waals surface area contributed by atoms with E-state index in [4.69, 9.17) is 0 Å². The lowest BCUT2D eigenvalue weighted by atomic mass is 9.73. The van der Waals surface area contributed by atoms with Crippen molar-refractivity contribution in [3.8, 4) is 0 Å². The SMILES string of the molecule is Cc1c(C(=O)NC2(Cc3ccccc3)CCCC(C)C2)cnc2ccccc12. The summed E-state index contributed by atoms with van der Waals surface area (Å²) in [6, 6.07) is 18.5. The summed E-state index contributed by atoms with van der Waals surface area (Å²) in [5.41, 5.74) is 3.71. The van der Waals surface area contributed by atoms with Gasteiger partial charge in [-0.25, -0.2) is 0 Å². The fraction of sp³-hybridized carbons (Fsp3) is 0.360. The maximum absolute atomic E-state index is 13.3. The predicted molar refractivity (Wildman–Crippen MR) is 114 cm³/mol. The van der Waals surface area contributed by atoms with Gasteiger partial charge in [-0.2, -0.15) is 0 Å². The number of carbonyl (C=O) groups is 1. The molecule has 2 unspecified atom stereocenters. The van der Waals surface area contributed by atoms with Gasteiger partial charge < -0.3 is 5.32 Å². The maximum Gasteiger partial charge on any atom is 0.253 e. The average Bonchev–Trinajstić information content (AvgIpc) is 2.69. The minimum Gasteiger partial charge on any atom is -0.346 e. The van der Waals surface area contributed by atoms with Crippen LogP contribution >= 0.6 is 0 Å². The van der Waals surface area contributed by atoms with Crippen LogP contribution in [0.15, 0.2) is 60.8 Å². The summed E-state index contributed by atoms with van der Waals surface area (Å²) in [6.07, 6.45) is 7.05. The number of para-hydroxylation sites is 1. The van der Waals surface area contributed by atoms with Gasteiger partial charge in [0.1, 0.15) is 0 Å². The number of aromatic nitrogens is 1. The Morgan fingerprint density at radius 3 is 2.68 bits per heavy atom. The second kappa shape index (κ2) is 7.75. The molecule has 3 aromatic rings. The van der Waals surface area contributed by atoms with E-state index in [1.165, 1.54) is 12.0 Å². The lowest BCUT2D eigenvalue weighted by Gasteiger charge is -2.41. The van der Waals surface area contributed by atoms with Crippen molar-refractivity contribution in [2.75, 3.05) is 0 Å². The van der Waals surface area contributed by atoms with Crippen LogP contribution < -0.4 is 5.32 Å². The maximum atomic E-state index is 13.3. The Hall–Kier alpha value is -2.68. The summed E-state index contributed by atoms with van der Waals surface area (Å²) in [5.74, 6) is 0.620. The standard InChI is InChI=1S/C25H28N2O/c1-18-9-8-14-25(15-18,16-20-10-4-3-5-11-20)27-24(28)22-17-26-23-13-7-6-12-21(23)19(22)2/h3-7,10-13,17-18H,8-9,14-16H2,1-2H3,(H,27,28). The zero-order chi connectivity index (χ0) is 19.6. The molecule has 0 spiro atoms. The van der Waals surface area contributed by atoms with E-state index in [1.807, 2.05) is 37.3 Å². The highest BCUT2D eigenvalue weighted by molar-refractivity contribution is 6.00.